The zero-order valence-electron chi connectivity index (χ0n) is 11.1. The highest BCUT2D eigenvalue weighted by molar-refractivity contribution is 7.91. The lowest BCUT2D eigenvalue weighted by molar-refractivity contribution is -0.127. The van der Waals surface area contributed by atoms with Gasteiger partial charge in [0.25, 0.3) is 0 Å². The molecule has 0 bridgehead atoms. The lowest BCUT2D eigenvalue weighted by atomic mass is 9.80. The summed E-state index contributed by atoms with van der Waals surface area (Å²) in [5.41, 5.74) is 0. The third-order valence-electron chi connectivity index (χ3n) is 4.02. The van der Waals surface area contributed by atoms with Crippen molar-refractivity contribution in [2.45, 2.75) is 57.6 Å². The molecule has 0 aliphatic heterocycles. The van der Waals surface area contributed by atoms with Gasteiger partial charge in [0.2, 0.25) is 0 Å². The molecule has 0 aromatic carbocycles. The van der Waals surface area contributed by atoms with E-state index in [1.54, 1.807) is 0 Å². The minimum Gasteiger partial charge on any atom is -0.299 e. The van der Waals surface area contributed by atoms with Crippen LogP contribution < -0.4 is 0 Å². The summed E-state index contributed by atoms with van der Waals surface area (Å²) in [6, 6.07) is 0. The van der Waals surface area contributed by atoms with Crippen LogP contribution in [0.15, 0.2) is 0 Å². The number of ketones is 1. The Kier molecular flexibility index (Phi) is 5.17. The fourth-order valence-corrected chi connectivity index (χ4v) is 3.99. The van der Waals surface area contributed by atoms with Crippen molar-refractivity contribution in [2.24, 2.45) is 11.8 Å². The molecule has 100 valence electrons. The molecule has 4 heteroatoms. The molecule has 0 aromatic rings. The van der Waals surface area contributed by atoms with Gasteiger partial charge < -0.3 is 0 Å². The van der Waals surface area contributed by atoms with Crippen molar-refractivity contribution in [1.82, 2.24) is 0 Å². The van der Waals surface area contributed by atoms with E-state index in [4.69, 9.17) is 0 Å². The highest BCUT2D eigenvalue weighted by atomic mass is 32.2. The number of carbonyl (C=O) groups is 1. The van der Waals surface area contributed by atoms with E-state index in [9.17, 15) is 13.2 Å². The molecule has 0 radical (unpaired) electrons. The normalized spacial score (nSPS) is 26.1. The van der Waals surface area contributed by atoms with Gasteiger partial charge in [0.15, 0.2) is 0 Å². The van der Waals surface area contributed by atoms with Crippen molar-refractivity contribution < 1.29 is 13.2 Å². The molecule has 1 saturated carbocycles. The fraction of sp³-hybridized carbons (Fsp3) is 0.923. The van der Waals surface area contributed by atoms with Crippen LogP contribution in [-0.4, -0.2) is 25.7 Å². The highest BCUT2D eigenvalue weighted by Gasteiger charge is 2.34. The quantitative estimate of drug-likeness (QED) is 0.763. The molecule has 3 nitrogen and oxygen atoms in total. The molecule has 1 fully saturated rings. The summed E-state index contributed by atoms with van der Waals surface area (Å²) >= 11 is 0. The van der Waals surface area contributed by atoms with Crippen molar-refractivity contribution in [2.75, 3.05) is 6.26 Å². The van der Waals surface area contributed by atoms with Crippen LogP contribution in [0.2, 0.25) is 0 Å². The minimum atomic E-state index is -2.98. The fourth-order valence-electron chi connectivity index (χ4n) is 2.82. The maximum absolute atomic E-state index is 12.2. The molecule has 1 aliphatic rings. The van der Waals surface area contributed by atoms with Gasteiger partial charge in [-0.25, -0.2) is 8.42 Å². The maximum atomic E-state index is 12.2. The number of hydrogen-bond donors (Lipinski definition) is 0. The molecule has 1 rings (SSSR count). The van der Waals surface area contributed by atoms with E-state index in [1.807, 2.05) is 13.8 Å². The Balaban J connectivity index is 2.70. The summed E-state index contributed by atoms with van der Waals surface area (Å²) < 4.78 is 23.1. The van der Waals surface area contributed by atoms with Crippen molar-refractivity contribution >= 4 is 15.6 Å². The van der Waals surface area contributed by atoms with Crippen molar-refractivity contribution in [3.05, 3.63) is 0 Å². The average molecular weight is 260 g/mol. The van der Waals surface area contributed by atoms with Crippen LogP contribution in [0.5, 0.6) is 0 Å². The summed E-state index contributed by atoms with van der Waals surface area (Å²) in [6.07, 6.45) is 6.06. The van der Waals surface area contributed by atoms with E-state index in [1.165, 1.54) is 6.26 Å². The Labute approximate surface area is 105 Å². The van der Waals surface area contributed by atoms with Gasteiger partial charge in [0.05, 0.1) is 5.25 Å². The summed E-state index contributed by atoms with van der Waals surface area (Å²) in [4.78, 5) is 12.2. The topological polar surface area (TPSA) is 51.2 Å². The maximum Gasteiger partial charge on any atom is 0.150 e. The Morgan fingerprint density at radius 3 is 2.29 bits per heavy atom. The van der Waals surface area contributed by atoms with Gasteiger partial charge in [0, 0.05) is 18.1 Å². The Morgan fingerprint density at radius 1 is 1.24 bits per heavy atom. The molecular formula is C13H24O3S. The molecule has 0 spiro atoms. The third kappa shape index (κ3) is 3.80. The molecule has 2 unspecified atom stereocenters. The summed E-state index contributed by atoms with van der Waals surface area (Å²) in [5.74, 6) is 0.398. The number of sulfone groups is 1. The first kappa shape index (κ1) is 14.7. The van der Waals surface area contributed by atoms with E-state index < -0.39 is 9.84 Å². The largest absolute Gasteiger partial charge is 0.299 e. The molecule has 1 aliphatic carbocycles. The van der Waals surface area contributed by atoms with Gasteiger partial charge in [-0.05, 0) is 32.1 Å². The standard InChI is InChI=1S/C13H24O3S/c1-4-10(5-2)13(14)11-7-6-8-12(9-11)17(3,15)16/h10-12H,4-9H2,1-3H3. The molecule has 0 N–H and O–H groups in total. The van der Waals surface area contributed by atoms with E-state index in [2.05, 4.69) is 0 Å². The van der Waals surface area contributed by atoms with Gasteiger partial charge in [-0.2, -0.15) is 0 Å². The van der Waals surface area contributed by atoms with Crippen LogP contribution in [-0.2, 0) is 14.6 Å². The van der Waals surface area contributed by atoms with Crippen molar-refractivity contribution in [3.63, 3.8) is 0 Å². The van der Waals surface area contributed by atoms with Gasteiger partial charge in [0.1, 0.15) is 15.6 Å². The van der Waals surface area contributed by atoms with Gasteiger partial charge in [-0.3, -0.25) is 4.79 Å². The van der Waals surface area contributed by atoms with Crippen LogP contribution in [0.4, 0.5) is 0 Å². The number of carbonyl (C=O) groups excluding carboxylic acids is 1. The second-order valence-corrected chi connectivity index (χ2v) is 7.56. The van der Waals surface area contributed by atoms with Gasteiger partial charge in [-0.1, -0.05) is 20.3 Å². The number of hydrogen-bond acceptors (Lipinski definition) is 3. The van der Waals surface area contributed by atoms with Crippen molar-refractivity contribution in [3.8, 4) is 0 Å². The molecule has 17 heavy (non-hydrogen) atoms. The first-order chi connectivity index (χ1) is 7.90. The summed E-state index contributed by atoms with van der Waals surface area (Å²) in [6.45, 7) is 4.06. The molecular weight excluding hydrogens is 236 g/mol. The van der Waals surface area contributed by atoms with E-state index in [0.717, 1.165) is 32.1 Å². The van der Waals surface area contributed by atoms with Crippen LogP contribution >= 0.6 is 0 Å². The second-order valence-electron chi connectivity index (χ2n) is 5.23. The van der Waals surface area contributed by atoms with E-state index >= 15 is 0 Å². The molecule has 0 amide bonds. The lowest BCUT2D eigenvalue weighted by Crippen LogP contribution is -2.33. The highest BCUT2D eigenvalue weighted by Crippen LogP contribution is 2.31. The Bertz CT molecular complexity index is 355. The average Bonchev–Trinajstić information content (AvgIpc) is 2.29. The van der Waals surface area contributed by atoms with Crippen molar-refractivity contribution in [1.29, 1.82) is 0 Å². The van der Waals surface area contributed by atoms with E-state index in [0.29, 0.717) is 12.2 Å². The SMILES string of the molecule is CCC(CC)C(=O)C1CCCC(S(C)(=O)=O)C1. The summed E-state index contributed by atoms with van der Waals surface area (Å²) in [7, 11) is -2.98. The Hall–Kier alpha value is -0.380. The van der Waals surface area contributed by atoms with Crippen LogP contribution in [0.25, 0.3) is 0 Å². The third-order valence-corrected chi connectivity index (χ3v) is 5.66. The lowest BCUT2D eigenvalue weighted by Gasteiger charge is -2.29. The summed E-state index contributed by atoms with van der Waals surface area (Å²) in [5, 5.41) is -0.292. The van der Waals surface area contributed by atoms with Crippen LogP contribution in [0.1, 0.15) is 52.4 Å². The zero-order chi connectivity index (χ0) is 13.1. The predicted octanol–water partition coefficient (Wildman–Crippen LogP) is 2.60. The molecule has 0 saturated heterocycles. The molecule has 0 heterocycles. The van der Waals surface area contributed by atoms with Crippen LogP contribution in [0, 0.1) is 11.8 Å². The second kappa shape index (κ2) is 5.98. The number of rotatable bonds is 5. The first-order valence-corrected chi connectivity index (χ1v) is 8.58. The number of Topliss-reactive ketones (excluding diaryl/α,β-unsaturated/α-hetero) is 1. The predicted molar refractivity (Wildman–Crippen MR) is 69.7 cm³/mol. The first-order valence-electron chi connectivity index (χ1n) is 6.62. The van der Waals surface area contributed by atoms with Gasteiger partial charge in [-0.15, -0.1) is 0 Å². The zero-order valence-corrected chi connectivity index (χ0v) is 11.9. The molecule has 0 aromatic heterocycles. The molecule has 2 atom stereocenters. The minimum absolute atomic E-state index is 0.0200. The van der Waals surface area contributed by atoms with Gasteiger partial charge >= 0.3 is 0 Å². The Morgan fingerprint density at radius 2 is 1.82 bits per heavy atom. The monoisotopic (exact) mass is 260 g/mol. The smallest absolute Gasteiger partial charge is 0.150 e. The van der Waals surface area contributed by atoms with E-state index in [-0.39, 0.29) is 17.1 Å². The van der Waals surface area contributed by atoms with Crippen LogP contribution in [0.3, 0.4) is 0 Å².